The number of ether oxygens (including phenoxy) is 2. The van der Waals surface area contributed by atoms with Crippen molar-refractivity contribution in [2.45, 2.75) is 232 Å². The molecule has 4 nitrogen and oxygen atoms in total. The van der Waals surface area contributed by atoms with E-state index in [1.807, 2.05) is 0 Å². The second kappa shape index (κ2) is 42.0. The Morgan fingerprint density at radius 1 is 0.479 bits per heavy atom. The molecule has 0 radical (unpaired) electrons. The van der Waals surface area contributed by atoms with E-state index in [1.165, 1.54) is 186 Å². The molecular formula is C44H84O4. The van der Waals surface area contributed by atoms with E-state index < -0.39 is 6.10 Å². The van der Waals surface area contributed by atoms with E-state index in [9.17, 15) is 9.90 Å². The van der Waals surface area contributed by atoms with Gasteiger partial charge in [-0.2, -0.15) is 0 Å². The van der Waals surface area contributed by atoms with Gasteiger partial charge in [0.25, 0.3) is 0 Å². The fraction of sp³-hybridized carbons (Fsp3) is 0.886. The monoisotopic (exact) mass is 677 g/mol. The molecule has 0 rings (SSSR count). The van der Waals surface area contributed by atoms with Crippen molar-refractivity contribution < 1.29 is 19.4 Å². The minimum absolute atomic E-state index is 0.171. The van der Waals surface area contributed by atoms with Crippen LogP contribution in [-0.4, -0.2) is 37.0 Å². The third-order valence-electron chi connectivity index (χ3n) is 9.48. The number of unbranched alkanes of at least 4 members (excludes halogenated alkanes) is 28. The van der Waals surface area contributed by atoms with Gasteiger partial charge < -0.3 is 14.6 Å². The fourth-order valence-electron chi connectivity index (χ4n) is 6.27. The highest BCUT2D eigenvalue weighted by Gasteiger charge is 2.13. The zero-order chi connectivity index (χ0) is 34.9. The Kier molecular flexibility index (Phi) is 41.0. The lowest BCUT2D eigenvalue weighted by molar-refractivity contribution is -0.154. The molecule has 1 N–H and O–H groups in total. The summed E-state index contributed by atoms with van der Waals surface area (Å²) in [5, 5.41) is 9.57. The van der Waals surface area contributed by atoms with E-state index in [0.29, 0.717) is 19.6 Å². The fourth-order valence-corrected chi connectivity index (χ4v) is 6.27. The maximum absolute atomic E-state index is 12.2. The average molecular weight is 677 g/mol. The molecule has 0 aliphatic rings. The zero-order valence-corrected chi connectivity index (χ0v) is 32.5. The summed E-state index contributed by atoms with van der Waals surface area (Å²) in [6.07, 6.45) is 51.0. The van der Waals surface area contributed by atoms with E-state index in [-0.39, 0.29) is 12.6 Å². The molecule has 4 heteroatoms. The standard InChI is InChI=1S/C44H84O4/c1-3-5-7-9-11-13-15-16-17-18-19-20-21-22-23-24-25-26-27-28-29-31-33-35-37-39-44(46)48-43(41-45)42-47-40-38-36-34-32-30-14-12-10-8-6-4-2/h8,10,18-19,43,45H,3-7,9,11-17,20-42H2,1-2H3/b10-8-,19-18-. The summed E-state index contributed by atoms with van der Waals surface area (Å²) in [5.41, 5.74) is 0. The van der Waals surface area contributed by atoms with Crippen molar-refractivity contribution in [1.29, 1.82) is 0 Å². The number of aliphatic hydroxyl groups excluding tert-OH is 1. The number of hydrogen-bond acceptors (Lipinski definition) is 4. The summed E-state index contributed by atoms with van der Waals surface area (Å²) in [6.45, 7) is 5.30. The number of hydrogen-bond donors (Lipinski definition) is 1. The summed E-state index contributed by atoms with van der Waals surface area (Å²) in [6, 6.07) is 0. The molecule has 1 unspecified atom stereocenters. The van der Waals surface area contributed by atoms with Crippen LogP contribution < -0.4 is 0 Å². The van der Waals surface area contributed by atoms with Crippen LogP contribution in [0.2, 0.25) is 0 Å². The van der Waals surface area contributed by atoms with Crippen molar-refractivity contribution in [1.82, 2.24) is 0 Å². The highest BCUT2D eigenvalue weighted by Crippen LogP contribution is 2.15. The van der Waals surface area contributed by atoms with Gasteiger partial charge in [0.2, 0.25) is 0 Å². The van der Waals surface area contributed by atoms with Gasteiger partial charge >= 0.3 is 5.97 Å². The third-order valence-corrected chi connectivity index (χ3v) is 9.48. The van der Waals surface area contributed by atoms with Gasteiger partial charge in [-0.1, -0.05) is 186 Å². The minimum Gasteiger partial charge on any atom is -0.457 e. The number of rotatable bonds is 40. The van der Waals surface area contributed by atoms with E-state index in [0.717, 1.165) is 19.3 Å². The summed E-state index contributed by atoms with van der Waals surface area (Å²) in [4.78, 5) is 12.2. The number of aliphatic hydroxyl groups is 1. The van der Waals surface area contributed by atoms with Gasteiger partial charge in [-0.15, -0.1) is 0 Å². The normalized spacial score (nSPS) is 12.5. The Hall–Kier alpha value is -1.13. The molecule has 0 fully saturated rings. The first-order valence-corrected chi connectivity index (χ1v) is 21.4. The largest absolute Gasteiger partial charge is 0.457 e. The summed E-state index contributed by atoms with van der Waals surface area (Å²) in [7, 11) is 0. The molecule has 0 amide bonds. The van der Waals surface area contributed by atoms with Gasteiger partial charge in [0.05, 0.1) is 13.2 Å². The van der Waals surface area contributed by atoms with Crippen LogP contribution in [0.1, 0.15) is 226 Å². The van der Waals surface area contributed by atoms with Crippen LogP contribution in [0.15, 0.2) is 24.3 Å². The molecule has 0 saturated carbocycles. The Bertz CT molecular complexity index is 673. The van der Waals surface area contributed by atoms with Crippen molar-refractivity contribution in [2.24, 2.45) is 0 Å². The predicted molar refractivity (Wildman–Crippen MR) is 210 cm³/mol. The highest BCUT2D eigenvalue weighted by atomic mass is 16.6. The van der Waals surface area contributed by atoms with Crippen LogP contribution in [-0.2, 0) is 14.3 Å². The lowest BCUT2D eigenvalue weighted by Gasteiger charge is -2.15. The lowest BCUT2D eigenvalue weighted by Crippen LogP contribution is -2.27. The van der Waals surface area contributed by atoms with Crippen LogP contribution in [0.5, 0.6) is 0 Å². The first-order valence-electron chi connectivity index (χ1n) is 21.4. The maximum atomic E-state index is 12.2. The van der Waals surface area contributed by atoms with Crippen LogP contribution in [0, 0.1) is 0 Å². The van der Waals surface area contributed by atoms with Crippen molar-refractivity contribution >= 4 is 5.97 Å². The zero-order valence-electron chi connectivity index (χ0n) is 32.5. The Morgan fingerprint density at radius 2 is 0.854 bits per heavy atom. The van der Waals surface area contributed by atoms with Crippen molar-refractivity contribution in [2.75, 3.05) is 19.8 Å². The second-order valence-electron chi connectivity index (χ2n) is 14.4. The molecule has 0 heterocycles. The average Bonchev–Trinajstić information content (AvgIpc) is 3.09. The first-order chi connectivity index (χ1) is 23.7. The van der Waals surface area contributed by atoms with Gasteiger partial charge in [0, 0.05) is 13.0 Å². The number of carbonyl (C=O) groups excluding carboxylic acids is 1. The summed E-state index contributed by atoms with van der Waals surface area (Å²) < 4.78 is 11.1. The third kappa shape index (κ3) is 39.3. The maximum Gasteiger partial charge on any atom is 0.306 e. The Labute approximate surface area is 300 Å². The van der Waals surface area contributed by atoms with Crippen LogP contribution in [0.4, 0.5) is 0 Å². The lowest BCUT2D eigenvalue weighted by atomic mass is 10.0. The highest BCUT2D eigenvalue weighted by molar-refractivity contribution is 5.69. The van der Waals surface area contributed by atoms with Gasteiger partial charge in [-0.25, -0.2) is 0 Å². The molecule has 284 valence electrons. The molecule has 0 aromatic heterocycles. The van der Waals surface area contributed by atoms with Gasteiger partial charge in [-0.3, -0.25) is 4.79 Å². The Balaban J connectivity index is 3.36. The SMILES string of the molecule is CCC/C=C\CCCCCCCCOCC(CO)OC(=O)CCCCCCCCCCCCCCC/C=C\CCCCCCCCCC. The molecule has 0 aliphatic heterocycles. The summed E-state index contributed by atoms with van der Waals surface area (Å²) >= 11 is 0. The molecule has 0 aliphatic carbocycles. The van der Waals surface area contributed by atoms with E-state index in [4.69, 9.17) is 9.47 Å². The van der Waals surface area contributed by atoms with E-state index in [1.54, 1.807) is 0 Å². The van der Waals surface area contributed by atoms with Crippen LogP contribution >= 0.6 is 0 Å². The quantitative estimate of drug-likeness (QED) is 0.0399. The molecule has 0 bridgehead atoms. The molecule has 0 aromatic carbocycles. The van der Waals surface area contributed by atoms with Crippen LogP contribution in [0.3, 0.4) is 0 Å². The topological polar surface area (TPSA) is 55.8 Å². The van der Waals surface area contributed by atoms with Crippen LogP contribution in [0.25, 0.3) is 0 Å². The molecule has 0 saturated heterocycles. The number of esters is 1. The molecule has 48 heavy (non-hydrogen) atoms. The number of carbonyl (C=O) groups is 1. The number of allylic oxidation sites excluding steroid dienone is 4. The second-order valence-corrected chi connectivity index (χ2v) is 14.4. The minimum atomic E-state index is -0.533. The Morgan fingerprint density at radius 3 is 1.27 bits per heavy atom. The van der Waals surface area contributed by atoms with E-state index in [2.05, 4.69) is 38.2 Å². The molecule has 0 spiro atoms. The molecule has 1 atom stereocenters. The van der Waals surface area contributed by atoms with Gasteiger partial charge in [0.15, 0.2) is 0 Å². The van der Waals surface area contributed by atoms with Crippen molar-refractivity contribution in [3.8, 4) is 0 Å². The smallest absolute Gasteiger partial charge is 0.306 e. The summed E-state index contributed by atoms with van der Waals surface area (Å²) in [5.74, 6) is -0.201. The van der Waals surface area contributed by atoms with Gasteiger partial charge in [0.1, 0.15) is 6.10 Å². The van der Waals surface area contributed by atoms with E-state index >= 15 is 0 Å². The van der Waals surface area contributed by atoms with Crippen molar-refractivity contribution in [3.63, 3.8) is 0 Å². The molecular weight excluding hydrogens is 592 g/mol. The van der Waals surface area contributed by atoms with Gasteiger partial charge in [-0.05, 0) is 57.8 Å². The predicted octanol–water partition coefficient (Wildman–Crippen LogP) is 13.9. The van der Waals surface area contributed by atoms with Crippen molar-refractivity contribution in [3.05, 3.63) is 24.3 Å². The first kappa shape index (κ1) is 46.9. The molecule has 0 aromatic rings.